The second-order valence-electron chi connectivity index (χ2n) is 12.5. The van der Waals surface area contributed by atoms with Crippen molar-refractivity contribution in [3.05, 3.63) is 137 Å². The Labute approximate surface area is 285 Å². The smallest absolute Gasteiger partial charge is 0.303 e. The zero-order valence-corrected chi connectivity index (χ0v) is 27.5. The highest BCUT2D eigenvalue weighted by Crippen LogP contribution is 2.42. The van der Waals surface area contributed by atoms with Crippen molar-refractivity contribution < 1.29 is 24.1 Å². The maximum atomic E-state index is 11.4. The Morgan fingerprint density at radius 1 is 0.837 bits per heavy atom. The van der Waals surface area contributed by atoms with Gasteiger partial charge in [-0.1, -0.05) is 66.7 Å². The van der Waals surface area contributed by atoms with Crippen molar-refractivity contribution in [1.82, 2.24) is 9.78 Å². The van der Waals surface area contributed by atoms with E-state index in [0.29, 0.717) is 55.4 Å². The Morgan fingerprint density at radius 2 is 1.47 bits per heavy atom. The Morgan fingerprint density at radius 3 is 2.06 bits per heavy atom. The van der Waals surface area contributed by atoms with Crippen LogP contribution in [0.4, 0.5) is 5.69 Å². The predicted octanol–water partition coefficient (Wildman–Crippen LogP) is 8.03. The average molecular weight is 654 g/mol. The monoisotopic (exact) mass is 653 g/mol. The highest BCUT2D eigenvalue weighted by Gasteiger charge is 2.28. The molecule has 0 bridgehead atoms. The third-order valence-corrected chi connectivity index (χ3v) is 8.98. The maximum absolute atomic E-state index is 11.4. The minimum absolute atomic E-state index is 0.0165. The number of nitrogen functional groups attached to an aromatic ring is 1. The maximum Gasteiger partial charge on any atom is 0.303 e. The van der Waals surface area contributed by atoms with Crippen LogP contribution in [0.5, 0.6) is 17.2 Å². The number of hydrogen-bond donors (Lipinski definition) is 2. The molecule has 0 spiro atoms. The van der Waals surface area contributed by atoms with Gasteiger partial charge in [0.05, 0.1) is 17.4 Å². The lowest BCUT2D eigenvalue weighted by Gasteiger charge is -2.20. The number of ether oxygens (including phenoxy) is 3. The number of nitrogens with two attached hydrogens (primary N) is 1. The molecule has 0 amide bonds. The third-order valence-electron chi connectivity index (χ3n) is 8.98. The van der Waals surface area contributed by atoms with E-state index >= 15 is 0 Å². The first-order valence-corrected chi connectivity index (χ1v) is 16.7. The van der Waals surface area contributed by atoms with Gasteiger partial charge in [0.2, 0.25) is 0 Å². The zero-order valence-electron chi connectivity index (χ0n) is 27.5. The van der Waals surface area contributed by atoms with Crippen LogP contribution < -0.4 is 19.9 Å². The summed E-state index contributed by atoms with van der Waals surface area (Å²) in [5.41, 5.74) is 15.3. The van der Waals surface area contributed by atoms with Crippen LogP contribution in [0.3, 0.4) is 0 Å². The summed E-state index contributed by atoms with van der Waals surface area (Å²) in [6.45, 7) is 3.69. The lowest BCUT2D eigenvalue weighted by molar-refractivity contribution is -0.136. The summed E-state index contributed by atoms with van der Waals surface area (Å²) in [4.78, 5) is 11.4. The average Bonchev–Trinajstić information content (AvgIpc) is 3.73. The van der Waals surface area contributed by atoms with Gasteiger partial charge in [-0.05, 0) is 83.1 Å². The van der Waals surface area contributed by atoms with Crippen molar-refractivity contribution >= 4 is 22.6 Å². The molecule has 1 aliphatic carbocycles. The van der Waals surface area contributed by atoms with Crippen LogP contribution in [0, 0.1) is 0 Å². The quantitative estimate of drug-likeness (QED) is 0.122. The Kier molecular flexibility index (Phi) is 9.19. The normalized spacial score (nSPS) is 12.6. The van der Waals surface area contributed by atoms with E-state index < -0.39 is 5.97 Å². The standard InChI is InChI=1S/C41H39N3O5/c1-2-44-37-15-14-30(19-33(37)24-43-44)35-17-29(13-16-40(45)46)18-36(42)41(35)49-34-20-31-22-38(47-25-27-9-5-3-6-10-27)39(23-32(31)21-34)48-26-28-11-7-4-8-12-28/h3-12,14-15,17-19,22-24,34H,2,13,16,20-21,25-26,42H2,1H3,(H,45,46). The van der Waals surface area contributed by atoms with Crippen molar-refractivity contribution in [2.45, 2.75) is 58.5 Å². The first kappa shape index (κ1) is 31.8. The molecule has 6 aromatic rings. The van der Waals surface area contributed by atoms with Crippen molar-refractivity contribution in [1.29, 1.82) is 0 Å². The van der Waals surface area contributed by atoms with E-state index in [1.807, 2.05) is 83.7 Å². The van der Waals surface area contributed by atoms with Gasteiger partial charge in [0.15, 0.2) is 11.5 Å². The molecule has 8 nitrogen and oxygen atoms in total. The summed E-state index contributed by atoms with van der Waals surface area (Å²) >= 11 is 0. The van der Waals surface area contributed by atoms with Gasteiger partial charge >= 0.3 is 5.97 Å². The van der Waals surface area contributed by atoms with Crippen molar-refractivity contribution in [3.63, 3.8) is 0 Å². The molecule has 3 N–H and O–H groups in total. The van der Waals surface area contributed by atoms with Crippen molar-refractivity contribution in [2.24, 2.45) is 0 Å². The molecule has 0 fully saturated rings. The minimum atomic E-state index is -0.850. The lowest BCUT2D eigenvalue weighted by Crippen LogP contribution is -2.18. The molecule has 0 saturated carbocycles. The second kappa shape index (κ2) is 14.2. The van der Waals surface area contributed by atoms with Crippen molar-refractivity contribution in [2.75, 3.05) is 5.73 Å². The third kappa shape index (κ3) is 7.23. The molecule has 8 heteroatoms. The van der Waals surface area contributed by atoms with Gasteiger partial charge in [0.1, 0.15) is 25.1 Å². The fourth-order valence-electron chi connectivity index (χ4n) is 6.49. The Bertz CT molecular complexity index is 2020. The fraction of sp³-hybridized carbons (Fsp3) is 0.220. The van der Waals surface area contributed by atoms with Crippen molar-refractivity contribution in [3.8, 4) is 28.4 Å². The number of rotatable bonds is 13. The number of anilines is 1. The van der Waals surface area contributed by atoms with E-state index in [4.69, 9.17) is 19.9 Å². The number of carboxylic acid groups (broad SMARTS) is 1. The number of benzene rings is 5. The summed E-state index contributed by atoms with van der Waals surface area (Å²) in [7, 11) is 0. The van der Waals surface area contributed by atoms with Crippen LogP contribution >= 0.6 is 0 Å². The SMILES string of the molecule is CCn1ncc2cc(-c3cc(CCC(=O)O)cc(N)c3OC3Cc4cc(OCc5ccccc5)c(OCc5ccccc5)cc4C3)ccc21. The molecule has 49 heavy (non-hydrogen) atoms. The van der Waals surface area contributed by atoms with E-state index in [-0.39, 0.29) is 12.5 Å². The number of aromatic nitrogens is 2. The number of carbonyl (C=O) groups is 1. The van der Waals surface area contributed by atoms with Crippen LogP contribution in [0.25, 0.3) is 22.0 Å². The highest BCUT2D eigenvalue weighted by molar-refractivity contribution is 5.88. The number of nitrogens with zero attached hydrogens (tertiary/aromatic N) is 2. The summed E-state index contributed by atoms with van der Waals surface area (Å²) in [6.07, 6.45) is 3.44. The first-order chi connectivity index (χ1) is 23.9. The first-order valence-electron chi connectivity index (χ1n) is 16.7. The van der Waals surface area contributed by atoms with Crippen LogP contribution in [-0.4, -0.2) is 27.0 Å². The lowest BCUT2D eigenvalue weighted by atomic mass is 9.97. The molecule has 0 unspecified atom stereocenters. The van der Waals surface area contributed by atoms with Crippen LogP contribution in [0.15, 0.2) is 109 Å². The van der Waals surface area contributed by atoms with Gasteiger partial charge in [0.25, 0.3) is 0 Å². The molecule has 1 aromatic heterocycles. The number of aryl methyl sites for hydroxylation is 2. The minimum Gasteiger partial charge on any atom is -0.487 e. The van der Waals surface area contributed by atoms with E-state index in [1.165, 1.54) is 0 Å². The molecule has 0 aliphatic heterocycles. The molecule has 248 valence electrons. The highest BCUT2D eigenvalue weighted by atomic mass is 16.5. The molecular weight excluding hydrogens is 614 g/mol. The van der Waals surface area contributed by atoms with Gasteiger partial charge in [-0.25, -0.2) is 0 Å². The number of hydrogen-bond acceptors (Lipinski definition) is 6. The number of carboxylic acids is 1. The summed E-state index contributed by atoms with van der Waals surface area (Å²) in [5.74, 6) is 1.14. The Hall–Kier alpha value is -5.76. The van der Waals surface area contributed by atoms with E-state index in [1.54, 1.807) is 0 Å². The van der Waals surface area contributed by atoms with Gasteiger partial charge < -0.3 is 25.1 Å². The molecule has 1 aliphatic rings. The van der Waals surface area contributed by atoms with Gasteiger partial charge in [0, 0.05) is 36.8 Å². The zero-order chi connectivity index (χ0) is 33.7. The van der Waals surface area contributed by atoms with Gasteiger partial charge in [-0.3, -0.25) is 9.48 Å². The summed E-state index contributed by atoms with van der Waals surface area (Å²) < 4.78 is 21.4. The molecule has 1 heterocycles. The van der Waals surface area contributed by atoms with Crippen LogP contribution in [0.1, 0.15) is 41.2 Å². The molecule has 0 saturated heterocycles. The van der Waals surface area contributed by atoms with Crippen LogP contribution in [0.2, 0.25) is 0 Å². The van der Waals surface area contributed by atoms with E-state index in [2.05, 4.69) is 42.4 Å². The molecule has 5 aromatic carbocycles. The Balaban J connectivity index is 1.18. The molecule has 7 rings (SSSR count). The predicted molar refractivity (Wildman–Crippen MR) is 191 cm³/mol. The number of aliphatic carboxylic acids is 1. The molecule has 0 radical (unpaired) electrons. The van der Waals surface area contributed by atoms with E-state index in [9.17, 15) is 9.90 Å². The topological polar surface area (TPSA) is 109 Å². The van der Waals surface area contributed by atoms with E-state index in [0.717, 1.165) is 56.4 Å². The fourth-order valence-corrected chi connectivity index (χ4v) is 6.49. The van der Waals surface area contributed by atoms with Crippen LogP contribution in [-0.2, 0) is 43.8 Å². The second-order valence-corrected chi connectivity index (χ2v) is 12.5. The summed E-state index contributed by atoms with van der Waals surface area (Å²) in [5, 5.41) is 14.9. The molecule has 0 atom stereocenters. The largest absolute Gasteiger partial charge is 0.487 e. The number of fused-ring (bicyclic) bond motifs is 2. The molecular formula is C41H39N3O5. The van der Waals surface area contributed by atoms with Gasteiger partial charge in [-0.2, -0.15) is 5.10 Å². The summed E-state index contributed by atoms with van der Waals surface area (Å²) in [6, 6.07) is 34.4. The van der Waals surface area contributed by atoms with Gasteiger partial charge in [-0.15, -0.1) is 0 Å².